The number of benzene rings is 3. The van der Waals surface area contributed by atoms with Crippen molar-refractivity contribution in [3.05, 3.63) is 88.7 Å². The molecule has 0 aliphatic heterocycles. The minimum absolute atomic E-state index is 0.127. The van der Waals surface area contributed by atoms with Crippen LogP contribution < -0.4 is 4.74 Å². The Balaban J connectivity index is 1.91. The summed E-state index contributed by atoms with van der Waals surface area (Å²) >= 11 is 0. The SMILES string of the molecule is CC(C)c1c(OCC(=O)O)ccc(F)c1CCc1cc(-c2cccc(F)c2)ccc1F. The number of carbonyl (C=O) groups is 1. The molecule has 3 rings (SSSR count). The Hall–Kier alpha value is -3.28. The number of hydrogen-bond donors (Lipinski definition) is 1. The summed E-state index contributed by atoms with van der Waals surface area (Å²) in [6.45, 7) is 3.18. The van der Waals surface area contributed by atoms with Crippen LogP contribution in [0.3, 0.4) is 0 Å². The third kappa shape index (κ3) is 5.45. The predicted molar refractivity (Wildman–Crippen MR) is 113 cm³/mol. The second-order valence-electron chi connectivity index (χ2n) is 7.59. The fourth-order valence-corrected chi connectivity index (χ4v) is 3.64. The van der Waals surface area contributed by atoms with Crippen molar-refractivity contribution in [1.82, 2.24) is 0 Å². The lowest BCUT2D eigenvalue weighted by Gasteiger charge is -2.19. The normalized spacial score (nSPS) is 11.0. The van der Waals surface area contributed by atoms with Crippen LogP contribution in [0.5, 0.6) is 5.75 Å². The number of hydrogen-bond acceptors (Lipinski definition) is 2. The van der Waals surface area contributed by atoms with E-state index in [0.29, 0.717) is 33.6 Å². The van der Waals surface area contributed by atoms with E-state index in [1.165, 1.54) is 30.3 Å². The minimum Gasteiger partial charge on any atom is -0.482 e. The minimum atomic E-state index is -1.13. The molecule has 0 unspecified atom stereocenters. The molecule has 0 spiro atoms. The Kier molecular flexibility index (Phi) is 7.00. The van der Waals surface area contributed by atoms with E-state index in [9.17, 15) is 18.0 Å². The largest absolute Gasteiger partial charge is 0.482 e. The van der Waals surface area contributed by atoms with Crippen molar-refractivity contribution in [1.29, 1.82) is 0 Å². The number of carboxylic acid groups (broad SMARTS) is 1. The fourth-order valence-electron chi connectivity index (χ4n) is 3.64. The fraction of sp³-hybridized carbons (Fsp3) is 0.240. The Labute approximate surface area is 179 Å². The maximum atomic E-state index is 14.7. The molecule has 0 aromatic heterocycles. The highest BCUT2D eigenvalue weighted by Crippen LogP contribution is 2.33. The smallest absolute Gasteiger partial charge is 0.341 e. The van der Waals surface area contributed by atoms with E-state index in [-0.39, 0.29) is 24.6 Å². The van der Waals surface area contributed by atoms with Gasteiger partial charge in [0.15, 0.2) is 6.61 Å². The van der Waals surface area contributed by atoms with Crippen LogP contribution in [0.1, 0.15) is 36.5 Å². The number of halogens is 3. The second-order valence-corrected chi connectivity index (χ2v) is 7.59. The highest BCUT2D eigenvalue weighted by molar-refractivity contribution is 5.68. The summed E-state index contributed by atoms with van der Waals surface area (Å²) in [5, 5.41) is 8.88. The van der Waals surface area contributed by atoms with E-state index in [1.54, 1.807) is 24.3 Å². The van der Waals surface area contributed by atoms with E-state index in [0.717, 1.165) is 0 Å². The zero-order chi connectivity index (χ0) is 22.5. The molecule has 0 bridgehead atoms. The molecule has 0 radical (unpaired) electrons. The molecular weight excluding hydrogens is 405 g/mol. The van der Waals surface area contributed by atoms with E-state index in [4.69, 9.17) is 9.84 Å². The maximum absolute atomic E-state index is 14.7. The van der Waals surface area contributed by atoms with Crippen LogP contribution in [-0.2, 0) is 17.6 Å². The lowest BCUT2D eigenvalue weighted by molar-refractivity contribution is -0.139. The van der Waals surface area contributed by atoms with Gasteiger partial charge < -0.3 is 9.84 Å². The number of rotatable bonds is 8. The summed E-state index contributed by atoms with van der Waals surface area (Å²) in [5.41, 5.74) is 2.61. The third-order valence-electron chi connectivity index (χ3n) is 5.04. The summed E-state index contributed by atoms with van der Waals surface area (Å²) < 4.78 is 48.0. The number of carboxylic acids is 1. The van der Waals surface area contributed by atoms with E-state index >= 15 is 0 Å². The number of aliphatic carboxylic acids is 1. The lowest BCUT2D eigenvalue weighted by Crippen LogP contribution is -2.13. The summed E-state index contributed by atoms with van der Waals surface area (Å²) in [5.74, 6) is -2.21. The molecule has 0 atom stereocenters. The van der Waals surface area contributed by atoms with Crippen molar-refractivity contribution in [3.63, 3.8) is 0 Å². The monoisotopic (exact) mass is 428 g/mol. The molecule has 0 saturated heterocycles. The molecular formula is C25H23F3O3. The van der Waals surface area contributed by atoms with Crippen molar-refractivity contribution in [2.24, 2.45) is 0 Å². The van der Waals surface area contributed by atoms with Crippen LogP contribution in [0.15, 0.2) is 54.6 Å². The van der Waals surface area contributed by atoms with E-state index < -0.39 is 24.2 Å². The molecule has 0 aliphatic rings. The van der Waals surface area contributed by atoms with Crippen LogP contribution in [0.4, 0.5) is 13.2 Å². The molecule has 3 aromatic carbocycles. The highest BCUT2D eigenvalue weighted by Gasteiger charge is 2.19. The molecule has 0 saturated carbocycles. The average molecular weight is 428 g/mol. The van der Waals surface area contributed by atoms with Gasteiger partial charge in [-0.3, -0.25) is 0 Å². The number of ether oxygens (including phenoxy) is 1. The molecule has 0 aliphatic carbocycles. The van der Waals surface area contributed by atoms with Gasteiger partial charge in [0.05, 0.1) is 0 Å². The van der Waals surface area contributed by atoms with E-state index in [2.05, 4.69) is 0 Å². The Morgan fingerprint density at radius 3 is 2.32 bits per heavy atom. The Bertz CT molecular complexity index is 1090. The first kappa shape index (κ1) is 22.4. The van der Waals surface area contributed by atoms with Crippen molar-refractivity contribution in [2.45, 2.75) is 32.6 Å². The number of aryl methyl sites for hydroxylation is 1. The predicted octanol–water partition coefficient (Wildman–Crippen LogP) is 6.14. The second kappa shape index (κ2) is 9.69. The summed E-state index contributed by atoms with van der Waals surface area (Å²) in [7, 11) is 0. The van der Waals surface area contributed by atoms with Gasteiger partial charge in [-0.05, 0) is 77.4 Å². The van der Waals surface area contributed by atoms with Crippen molar-refractivity contribution in [2.75, 3.05) is 6.61 Å². The van der Waals surface area contributed by atoms with Gasteiger partial charge in [-0.2, -0.15) is 0 Å². The quantitative estimate of drug-likeness (QED) is 0.469. The van der Waals surface area contributed by atoms with Gasteiger partial charge in [-0.15, -0.1) is 0 Å². The highest BCUT2D eigenvalue weighted by atomic mass is 19.1. The molecule has 3 aromatic rings. The van der Waals surface area contributed by atoms with Crippen LogP contribution in [0.2, 0.25) is 0 Å². The van der Waals surface area contributed by atoms with Gasteiger partial charge >= 0.3 is 5.97 Å². The topological polar surface area (TPSA) is 46.5 Å². The van der Waals surface area contributed by atoms with Crippen LogP contribution in [-0.4, -0.2) is 17.7 Å². The first-order valence-corrected chi connectivity index (χ1v) is 9.96. The first-order valence-electron chi connectivity index (χ1n) is 9.96. The maximum Gasteiger partial charge on any atom is 0.341 e. The summed E-state index contributed by atoms with van der Waals surface area (Å²) in [6, 6.07) is 13.2. The molecule has 0 fully saturated rings. The standard InChI is InChI=1S/C25H23F3O3/c1-15(2)25-20(22(28)10-11-23(25)31-14-24(29)30)8-6-18-12-17(7-9-21(18)27)16-4-3-5-19(26)13-16/h3-5,7,9-13,15H,6,8,14H2,1-2H3,(H,29,30). The molecule has 0 heterocycles. The van der Waals surface area contributed by atoms with Crippen molar-refractivity contribution >= 4 is 5.97 Å². The van der Waals surface area contributed by atoms with Crippen molar-refractivity contribution in [3.8, 4) is 16.9 Å². The molecule has 1 N–H and O–H groups in total. The lowest BCUT2D eigenvalue weighted by atomic mass is 9.91. The van der Waals surface area contributed by atoms with Crippen LogP contribution in [0.25, 0.3) is 11.1 Å². The van der Waals surface area contributed by atoms with Crippen LogP contribution >= 0.6 is 0 Å². The molecule has 162 valence electrons. The van der Waals surface area contributed by atoms with Gasteiger partial charge in [-0.1, -0.05) is 32.0 Å². The molecule has 3 nitrogen and oxygen atoms in total. The molecule has 0 amide bonds. The van der Waals surface area contributed by atoms with E-state index in [1.807, 2.05) is 13.8 Å². The average Bonchev–Trinajstić information content (AvgIpc) is 2.72. The van der Waals surface area contributed by atoms with Gasteiger partial charge in [0, 0.05) is 5.56 Å². The van der Waals surface area contributed by atoms with Crippen molar-refractivity contribution < 1.29 is 27.8 Å². The molecule has 31 heavy (non-hydrogen) atoms. The van der Waals surface area contributed by atoms with Gasteiger partial charge in [-0.25, -0.2) is 18.0 Å². The summed E-state index contributed by atoms with van der Waals surface area (Å²) in [4.78, 5) is 10.9. The Morgan fingerprint density at radius 1 is 0.935 bits per heavy atom. The third-order valence-corrected chi connectivity index (χ3v) is 5.04. The Morgan fingerprint density at radius 2 is 1.65 bits per heavy atom. The van der Waals surface area contributed by atoms with Crippen LogP contribution in [0, 0.1) is 17.5 Å². The van der Waals surface area contributed by atoms with Gasteiger partial charge in [0.2, 0.25) is 0 Å². The molecule has 6 heteroatoms. The summed E-state index contributed by atoms with van der Waals surface area (Å²) in [6.07, 6.45) is 0.418. The van der Waals surface area contributed by atoms with Gasteiger partial charge in [0.1, 0.15) is 23.2 Å². The zero-order valence-electron chi connectivity index (χ0n) is 17.3. The first-order chi connectivity index (χ1) is 14.8. The van der Waals surface area contributed by atoms with Gasteiger partial charge in [0.25, 0.3) is 0 Å². The zero-order valence-corrected chi connectivity index (χ0v) is 17.3.